The Morgan fingerprint density at radius 2 is 1.85 bits per heavy atom. The van der Waals surface area contributed by atoms with Gasteiger partial charge in [-0.05, 0) is 18.2 Å². The molecule has 0 saturated heterocycles. The number of nitrogens with one attached hydrogen (secondary N) is 2. The van der Waals surface area contributed by atoms with E-state index in [2.05, 4.69) is 9.97 Å². The van der Waals surface area contributed by atoms with Gasteiger partial charge < -0.3 is 19.4 Å². The number of hydrogen-bond acceptors (Lipinski definition) is 4. The Morgan fingerprint density at radius 1 is 1.12 bits per heavy atom. The van der Waals surface area contributed by atoms with Crippen molar-refractivity contribution in [3.05, 3.63) is 64.0 Å². The zero-order chi connectivity index (χ0) is 18.7. The van der Waals surface area contributed by atoms with E-state index in [9.17, 15) is 9.18 Å². The van der Waals surface area contributed by atoms with Gasteiger partial charge in [-0.25, -0.2) is 9.37 Å². The molecule has 3 rings (SSSR count). The number of hydrogen-bond donors (Lipinski definition) is 2. The molecule has 0 radical (unpaired) electrons. The molecule has 0 aliphatic carbocycles. The highest BCUT2D eigenvalue weighted by Gasteiger charge is 2.13. The lowest BCUT2D eigenvalue weighted by Crippen LogP contribution is -3.06. The van der Waals surface area contributed by atoms with Gasteiger partial charge >= 0.3 is 0 Å². The molecule has 0 aliphatic rings. The second kappa shape index (κ2) is 7.53. The average Bonchev–Trinajstić information content (AvgIpc) is 2.60. The molecular formula is C19H21FN3O3+. The SMILES string of the molecule is COc1cc2nc(C[NH+](C)Cc3cccc(F)c3)[nH]c(=O)c2cc1OC. The van der Waals surface area contributed by atoms with E-state index in [-0.39, 0.29) is 11.4 Å². The van der Waals surface area contributed by atoms with E-state index in [1.54, 1.807) is 18.2 Å². The number of rotatable bonds is 6. The van der Waals surface area contributed by atoms with Crippen molar-refractivity contribution in [2.24, 2.45) is 0 Å². The summed E-state index contributed by atoms with van der Waals surface area (Å²) in [5.74, 6) is 1.30. The standard InChI is InChI=1S/C19H20FN3O3/c1-23(10-12-5-4-6-13(20)7-12)11-18-21-15-9-17(26-3)16(25-2)8-14(15)19(24)22-18/h4-9H,10-11H2,1-3H3,(H,21,22,24)/p+1. The second-order valence-electron chi connectivity index (χ2n) is 6.18. The molecule has 0 saturated carbocycles. The highest BCUT2D eigenvalue weighted by Crippen LogP contribution is 2.29. The molecule has 136 valence electrons. The summed E-state index contributed by atoms with van der Waals surface area (Å²) in [6.07, 6.45) is 0. The lowest BCUT2D eigenvalue weighted by atomic mass is 10.2. The van der Waals surface area contributed by atoms with Gasteiger partial charge in [0.2, 0.25) is 0 Å². The number of nitrogens with zero attached hydrogens (tertiary/aromatic N) is 1. The fourth-order valence-corrected chi connectivity index (χ4v) is 2.94. The van der Waals surface area contributed by atoms with Crippen LogP contribution < -0.4 is 19.9 Å². The third-order valence-corrected chi connectivity index (χ3v) is 4.12. The first-order valence-corrected chi connectivity index (χ1v) is 8.21. The predicted octanol–water partition coefficient (Wildman–Crippen LogP) is 1.29. The Kier molecular flexibility index (Phi) is 5.18. The van der Waals surface area contributed by atoms with Crippen molar-refractivity contribution in [3.8, 4) is 11.5 Å². The van der Waals surface area contributed by atoms with E-state index in [0.29, 0.717) is 41.3 Å². The minimum absolute atomic E-state index is 0.232. The molecule has 2 aromatic carbocycles. The number of H-pyrrole nitrogens is 1. The number of quaternary nitrogens is 1. The molecule has 1 heterocycles. The second-order valence-corrected chi connectivity index (χ2v) is 6.18. The Balaban J connectivity index is 1.87. The average molecular weight is 358 g/mol. The summed E-state index contributed by atoms with van der Waals surface area (Å²) in [6, 6.07) is 9.80. The van der Waals surface area contributed by atoms with Crippen LogP contribution in [0.15, 0.2) is 41.2 Å². The summed E-state index contributed by atoms with van der Waals surface area (Å²) >= 11 is 0. The summed E-state index contributed by atoms with van der Waals surface area (Å²) in [6.45, 7) is 1.11. The van der Waals surface area contributed by atoms with Gasteiger partial charge in [-0.15, -0.1) is 0 Å². The number of aromatic nitrogens is 2. The maximum atomic E-state index is 13.3. The van der Waals surface area contributed by atoms with E-state index >= 15 is 0 Å². The number of fused-ring (bicyclic) bond motifs is 1. The molecule has 0 fully saturated rings. The highest BCUT2D eigenvalue weighted by molar-refractivity contribution is 5.81. The third-order valence-electron chi connectivity index (χ3n) is 4.12. The largest absolute Gasteiger partial charge is 0.493 e. The van der Waals surface area contributed by atoms with E-state index in [4.69, 9.17) is 9.47 Å². The molecule has 2 N–H and O–H groups in total. The molecule has 1 aromatic heterocycles. The van der Waals surface area contributed by atoms with Gasteiger partial charge in [0.1, 0.15) is 18.9 Å². The highest BCUT2D eigenvalue weighted by atomic mass is 19.1. The van der Waals surface area contributed by atoms with E-state index in [1.807, 2.05) is 13.1 Å². The molecule has 26 heavy (non-hydrogen) atoms. The monoisotopic (exact) mass is 358 g/mol. The Labute approximate surface area is 150 Å². The van der Waals surface area contributed by atoms with Crippen LogP contribution in [0.25, 0.3) is 10.9 Å². The fraction of sp³-hybridized carbons (Fsp3) is 0.263. The Hall–Kier alpha value is -2.93. The third kappa shape index (κ3) is 3.83. The van der Waals surface area contributed by atoms with Crippen LogP contribution in [0.5, 0.6) is 11.5 Å². The number of benzene rings is 2. The molecule has 1 atom stereocenters. The van der Waals surface area contributed by atoms with E-state index < -0.39 is 0 Å². The number of ether oxygens (including phenoxy) is 2. The van der Waals surface area contributed by atoms with Crippen molar-refractivity contribution in [2.45, 2.75) is 13.1 Å². The minimum Gasteiger partial charge on any atom is -0.493 e. The normalized spacial score (nSPS) is 12.2. The van der Waals surface area contributed by atoms with Crippen molar-refractivity contribution in [3.63, 3.8) is 0 Å². The van der Waals surface area contributed by atoms with Gasteiger partial charge in [0.15, 0.2) is 17.3 Å². The first-order valence-electron chi connectivity index (χ1n) is 8.21. The number of halogens is 1. The molecule has 3 aromatic rings. The molecule has 7 heteroatoms. The van der Waals surface area contributed by atoms with E-state index in [1.165, 1.54) is 26.4 Å². The van der Waals surface area contributed by atoms with Crippen molar-refractivity contribution in [1.29, 1.82) is 0 Å². The van der Waals surface area contributed by atoms with Crippen LogP contribution in [0.3, 0.4) is 0 Å². The molecule has 0 spiro atoms. The first-order chi connectivity index (χ1) is 12.5. The zero-order valence-corrected chi connectivity index (χ0v) is 14.9. The summed E-state index contributed by atoms with van der Waals surface area (Å²) < 4.78 is 23.8. The number of methoxy groups -OCH3 is 2. The van der Waals surface area contributed by atoms with Gasteiger partial charge in [0.05, 0.1) is 32.2 Å². The van der Waals surface area contributed by atoms with Gasteiger partial charge in [0.25, 0.3) is 5.56 Å². The lowest BCUT2D eigenvalue weighted by Gasteiger charge is -2.14. The van der Waals surface area contributed by atoms with Gasteiger partial charge in [-0.1, -0.05) is 12.1 Å². The summed E-state index contributed by atoms with van der Waals surface area (Å²) in [7, 11) is 5.02. The maximum Gasteiger partial charge on any atom is 0.259 e. The van der Waals surface area contributed by atoms with Crippen LogP contribution in [0, 0.1) is 5.82 Å². The molecule has 0 amide bonds. The molecule has 6 nitrogen and oxygen atoms in total. The molecule has 0 aliphatic heterocycles. The Morgan fingerprint density at radius 3 is 2.54 bits per heavy atom. The van der Waals surface area contributed by atoms with Crippen LogP contribution in [-0.2, 0) is 13.1 Å². The molecule has 0 bridgehead atoms. The Bertz CT molecular complexity index is 987. The minimum atomic E-state index is -0.256. The quantitative estimate of drug-likeness (QED) is 0.697. The van der Waals surface area contributed by atoms with Crippen molar-refractivity contribution in [2.75, 3.05) is 21.3 Å². The zero-order valence-electron chi connectivity index (χ0n) is 14.9. The fourth-order valence-electron chi connectivity index (χ4n) is 2.94. The van der Waals surface area contributed by atoms with Gasteiger partial charge in [-0.2, -0.15) is 0 Å². The first kappa shape index (κ1) is 17.9. The predicted molar refractivity (Wildman–Crippen MR) is 96.2 cm³/mol. The van der Waals surface area contributed by atoms with Crippen LogP contribution in [0.2, 0.25) is 0 Å². The van der Waals surface area contributed by atoms with Gasteiger partial charge in [0, 0.05) is 11.6 Å². The van der Waals surface area contributed by atoms with Crippen molar-refractivity contribution >= 4 is 10.9 Å². The van der Waals surface area contributed by atoms with Crippen LogP contribution in [0.4, 0.5) is 4.39 Å². The van der Waals surface area contributed by atoms with Crippen molar-refractivity contribution < 1.29 is 18.8 Å². The van der Waals surface area contributed by atoms with Crippen LogP contribution in [0.1, 0.15) is 11.4 Å². The van der Waals surface area contributed by atoms with E-state index in [0.717, 1.165) is 10.5 Å². The van der Waals surface area contributed by atoms with Crippen LogP contribution in [-0.4, -0.2) is 31.2 Å². The number of aromatic amines is 1. The molecular weight excluding hydrogens is 337 g/mol. The van der Waals surface area contributed by atoms with Crippen molar-refractivity contribution in [1.82, 2.24) is 9.97 Å². The summed E-state index contributed by atoms with van der Waals surface area (Å²) in [5, 5.41) is 0.439. The summed E-state index contributed by atoms with van der Waals surface area (Å²) in [4.78, 5) is 20.8. The lowest BCUT2D eigenvalue weighted by molar-refractivity contribution is -0.908. The van der Waals surface area contributed by atoms with Gasteiger partial charge in [-0.3, -0.25) is 4.79 Å². The topological polar surface area (TPSA) is 68.7 Å². The smallest absolute Gasteiger partial charge is 0.259 e. The van der Waals surface area contributed by atoms with Crippen LogP contribution >= 0.6 is 0 Å². The summed E-state index contributed by atoms with van der Waals surface area (Å²) in [5.41, 5.74) is 1.20. The molecule has 1 unspecified atom stereocenters. The maximum absolute atomic E-state index is 13.3.